The maximum absolute atomic E-state index is 9.16. The van der Waals surface area contributed by atoms with Crippen LogP contribution in [0.3, 0.4) is 0 Å². The molecule has 0 fully saturated rings. The molecular formula is C11H18ClN3O. The molecular weight excluding hydrogens is 226 g/mol. The molecule has 90 valence electrons. The van der Waals surface area contributed by atoms with Crippen molar-refractivity contribution in [2.75, 3.05) is 11.9 Å². The maximum atomic E-state index is 9.16. The highest BCUT2D eigenvalue weighted by Gasteiger charge is 2.08. The summed E-state index contributed by atoms with van der Waals surface area (Å²) in [6, 6.07) is 0. The molecule has 0 spiro atoms. The highest BCUT2D eigenvalue weighted by molar-refractivity contribution is 6.30. The molecule has 1 atom stereocenters. The Hall–Kier alpha value is -0.870. The third-order valence-electron chi connectivity index (χ3n) is 2.30. The SMILES string of the molecule is CCc1nc(Cl)c(C)c(NCCC(C)O)n1. The minimum absolute atomic E-state index is 0.309. The number of aromatic nitrogens is 2. The largest absolute Gasteiger partial charge is 0.393 e. The Morgan fingerprint density at radius 2 is 2.12 bits per heavy atom. The summed E-state index contributed by atoms with van der Waals surface area (Å²) >= 11 is 6.00. The van der Waals surface area contributed by atoms with Crippen molar-refractivity contribution in [3.05, 3.63) is 16.5 Å². The quantitative estimate of drug-likeness (QED) is 0.779. The molecule has 1 aromatic heterocycles. The lowest BCUT2D eigenvalue weighted by Crippen LogP contribution is -2.12. The van der Waals surface area contributed by atoms with Gasteiger partial charge in [-0.25, -0.2) is 9.97 Å². The first-order valence-corrected chi connectivity index (χ1v) is 5.87. The normalized spacial score (nSPS) is 12.6. The first kappa shape index (κ1) is 13.2. The molecule has 0 amide bonds. The summed E-state index contributed by atoms with van der Waals surface area (Å²) in [4.78, 5) is 8.52. The average Bonchev–Trinajstić information content (AvgIpc) is 2.23. The molecule has 0 saturated heterocycles. The summed E-state index contributed by atoms with van der Waals surface area (Å²) in [5.74, 6) is 1.49. The molecule has 0 saturated carbocycles. The number of aliphatic hydroxyl groups excluding tert-OH is 1. The smallest absolute Gasteiger partial charge is 0.137 e. The van der Waals surface area contributed by atoms with Gasteiger partial charge >= 0.3 is 0 Å². The second-order valence-corrected chi connectivity index (χ2v) is 4.18. The lowest BCUT2D eigenvalue weighted by molar-refractivity contribution is 0.188. The van der Waals surface area contributed by atoms with Crippen LogP contribution in [0.15, 0.2) is 0 Å². The van der Waals surface area contributed by atoms with Crippen molar-refractivity contribution in [2.24, 2.45) is 0 Å². The van der Waals surface area contributed by atoms with Crippen molar-refractivity contribution in [3.8, 4) is 0 Å². The zero-order valence-corrected chi connectivity index (χ0v) is 10.7. The van der Waals surface area contributed by atoms with Gasteiger partial charge in [-0.1, -0.05) is 18.5 Å². The van der Waals surface area contributed by atoms with Crippen molar-refractivity contribution in [2.45, 2.75) is 39.7 Å². The van der Waals surface area contributed by atoms with E-state index >= 15 is 0 Å². The van der Waals surface area contributed by atoms with Crippen molar-refractivity contribution in [1.82, 2.24) is 9.97 Å². The fraction of sp³-hybridized carbons (Fsp3) is 0.636. The van der Waals surface area contributed by atoms with Gasteiger partial charge < -0.3 is 10.4 Å². The molecule has 0 radical (unpaired) electrons. The highest BCUT2D eigenvalue weighted by Crippen LogP contribution is 2.19. The first-order chi connectivity index (χ1) is 7.54. The molecule has 4 nitrogen and oxygen atoms in total. The number of nitrogens with zero attached hydrogens (tertiary/aromatic N) is 2. The molecule has 0 aliphatic heterocycles. The number of anilines is 1. The number of hydrogen-bond donors (Lipinski definition) is 2. The van der Waals surface area contributed by atoms with E-state index in [1.807, 2.05) is 13.8 Å². The Labute approximate surface area is 101 Å². The van der Waals surface area contributed by atoms with Gasteiger partial charge in [0.05, 0.1) is 6.10 Å². The van der Waals surface area contributed by atoms with Crippen molar-refractivity contribution < 1.29 is 5.11 Å². The van der Waals surface area contributed by atoms with Gasteiger partial charge in [-0.2, -0.15) is 0 Å². The maximum Gasteiger partial charge on any atom is 0.137 e. The topological polar surface area (TPSA) is 58.0 Å². The Kier molecular flexibility index (Phi) is 4.96. The van der Waals surface area contributed by atoms with Crippen LogP contribution in [-0.4, -0.2) is 27.7 Å². The highest BCUT2D eigenvalue weighted by atomic mass is 35.5. The van der Waals surface area contributed by atoms with Crippen LogP contribution in [0.4, 0.5) is 5.82 Å². The Balaban J connectivity index is 2.74. The van der Waals surface area contributed by atoms with Crippen LogP contribution in [0.5, 0.6) is 0 Å². The monoisotopic (exact) mass is 243 g/mol. The molecule has 0 aliphatic rings. The van der Waals surface area contributed by atoms with Gasteiger partial charge in [0.1, 0.15) is 16.8 Å². The predicted molar refractivity (Wildman–Crippen MR) is 65.9 cm³/mol. The number of aliphatic hydroxyl groups is 1. The van der Waals surface area contributed by atoms with E-state index in [2.05, 4.69) is 15.3 Å². The van der Waals surface area contributed by atoms with Crippen LogP contribution in [0.25, 0.3) is 0 Å². The Morgan fingerprint density at radius 1 is 1.44 bits per heavy atom. The number of nitrogens with one attached hydrogen (secondary N) is 1. The van der Waals surface area contributed by atoms with E-state index < -0.39 is 0 Å². The molecule has 1 unspecified atom stereocenters. The lowest BCUT2D eigenvalue weighted by atomic mass is 10.2. The summed E-state index contributed by atoms with van der Waals surface area (Å²) in [6.45, 7) is 6.31. The molecule has 1 aromatic rings. The standard InChI is InChI=1S/C11H18ClN3O/c1-4-9-14-10(12)8(3)11(15-9)13-6-5-7(2)16/h7,16H,4-6H2,1-3H3,(H,13,14,15). The summed E-state index contributed by atoms with van der Waals surface area (Å²) in [5.41, 5.74) is 0.851. The van der Waals surface area contributed by atoms with Crippen molar-refractivity contribution >= 4 is 17.4 Å². The molecule has 0 aliphatic carbocycles. The van der Waals surface area contributed by atoms with Crippen LogP contribution >= 0.6 is 11.6 Å². The van der Waals surface area contributed by atoms with E-state index in [9.17, 15) is 0 Å². The van der Waals surface area contributed by atoms with E-state index in [0.29, 0.717) is 18.1 Å². The van der Waals surface area contributed by atoms with Crippen LogP contribution in [0.1, 0.15) is 31.7 Å². The van der Waals surface area contributed by atoms with Crippen LogP contribution in [0.2, 0.25) is 5.15 Å². The minimum atomic E-state index is -0.309. The molecule has 1 rings (SSSR count). The molecule has 5 heteroatoms. The van der Waals surface area contributed by atoms with Crippen molar-refractivity contribution in [1.29, 1.82) is 0 Å². The Morgan fingerprint density at radius 3 is 2.69 bits per heavy atom. The molecule has 16 heavy (non-hydrogen) atoms. The Bertz CT molecular complexity index is 355. The number of aryl methyl sites for hydroxylation is 1. The second-order valence-electron chi connectivity index (χ2n) is 3.82. The molecule has 1 heterocycles. The van der Waals surface area contributed by atoms with Crippen LogP contribution < -0.4 is 5.32 Å². The minimum Gasteiger partial charge on any atom is -0.393 e. The van der Waals surface area contributed by atoms with E-state index in [0.717, 1.165) is 23.6 Å². The average molecular weight is 244 g/mol. The van der Waals surface area contributed by atoms with Gasteiger partial charge in [-0.3, -0.25) is 0 Å². The number of rotatable bonds is 5. The fourth-order valence-corrected chi connectivity index (χ4v) is 1.45. The van der Waals surface area contributed by atoms with Gasteiger partial charge in [0.25, 0.3) is 0 Å². The molecule has 2 N–H and O–H groups in total. The third-order valence-corrected chi connectivity index (χ3v) is 2.67. The number of hydrogen-bond acceptors (Lipinski definition) is 4. The predicted octanol–water partition coefficient (Wildman–Crippen LogP) is 2.18. The summed E-state index contributed by atoms with van der Waals surface area (Å²) < 4.78 is 0. The molecule has 0 bridgehead atoms. The van der Waals surface area contributed by atoms with E-state index in [4.69, 9.17) is 16.7 Å². The van der Waals surface area contributed by atoms with Gasteiger partial charge in [-0.15, -0.1) is 0 Å². The van der Waals surface area contributed by atoms with Gasteiger partial charge in [0, 0.05) is 18.5 Å². The van der Waals surface area contributed by atoms with Gasteiger partial charge in [-0.05, 0) is 20.3 Å². The van der Waals surface area contributed by atoms with Crippen LogP contribution in [0, 0.1) is 6.92 Å². The van der Waals surface area contributed by atoms with Crippen LogP contribution in [-0.2, 0) is 6.42 Å². The van der Waals surface area contributed by atoms with Crippen molar-refractivity contribution in [3.63, 3.8) is 0 Å². The lowest BCUT2D eigenvalue weighted by Gasteiger charge is -2.11. The molecule has 0 aromatic carbocycles. The number of halogens is 1. The fourth-order valence-electron chi connectivity index (χ4n) is 1.26. The van der Waals surface area contributed by atoms with Gasteiger partial charge in [0.2, 0.25) is 0 Å². The zero-order chi connectivity index (χ0) is 12.1. The second kappa shape index (κ2) is 6.01. The van der Waals surface area contributed by atoms with E-state index in [1.165, 1.54) is 0 Å². The summed E-state index contributed by atoms with van der Waals surface area (Å²) in [7, 11) is 0. The zero-order valence-electron chi connectivity index (χ0n) is 9.92. The van der Waals surface area contributed by atoms with E-state index in [-0.39, 0.29) is 6.10 Å². The summed E-state index contributed by atoms with van der Waals surface area (Å²) in [6.07, 6.45) is 1.13. The third kappa shape index (κ3) is 3.61. The summed E-state index contributed by atoms with van der Waals surface area (Å²) in [5, 5.41) is 12.8. The van der Waals surface area contributed by atoms with E-state index in [1.54, 1.807) is 6.92 Å². The van der Waals surface area contributed by atoms with Gasteiger partial charge in [0.15, 0.2) is 0 Å². The first-order valence-electron chi connectivity index (χ1n) is 5.49.